The Balaban J connectivity index is 2.29. The number of amides is 2. The highest BCUT2D eigenvalue weighted by atomic mass is 35.5. The summed E-state index contributed by atoms with van der Waals surface area (Å²) >= 11 is 5.46. The number of carbonyl (C=O) groups excluding carboxylic acids is 2. The molecule has 0 aliphatic carbocycles. The Bertz CT molecular complexity index is 659. The van der Waals surface area contributed by atoms with Crippen LogP contribution in [-0.4, -0.2) is 22.7 Å². The molecule has 21 heavy (non-hydrogen) atoms. The molecule has 0 unspecified atom stereocenters. The van der Waals surface area contributed by atoms with Crippen LogP contribution in [0.5, 0.6) is 0 Å². The van der Waals surface area contributed by atoms with Crippen molar-refractivity contribution in [2.45, 2.75) is 6.92 Å². The predicted molar refractivity (Wildman–Crippen MR) is 82.7 cm³/mol. The fraction of sp³-hybridized carbons (Fsp3) is 0.133. The Labute approximate surface area is 127 Å². The number of benzene rings is 1. The number of nitrogens with one attached hydrogen (secondary N) is 2. The minimum Gasteiger partial charge on any atom is -0.322 e. The van der Waals surface area contributed by atoms with Crippen molar-refractivity contribution in [3.63, 3.8) is 0 Å². The second-order valence-electron chi connectivity index (χ2n) is 4.35. The highest BCUT2D eigenvalue weighted by Gasteiger charge is 2.17. The Kier molecular flexibility index (Phi) is 4.90. The number of aromatic nitrogens is 1. The summed E-state index contributed by atoms with van der Waals surface area (Å²) in [6.07, 6.45) is 1.53. The number of nitrogens with zero attached hydrogens (tertiary/aromatic N) is 1. The molecule has 0 bridgehead atoms. The molecule has 5 nitrogen and oxygen atoms in total. The van der Waals surface area contributed by atoms with Gasteiger partial charge in [0.1, 0.15) is 11.7 Å². The van der Waals surface area contributed by atoms with Crippen LogP contribution in [0, 0.1) is 6.92 Å². The number of rotatable bonds is 4. The topological polar surface area (TPSA) is 71.1 Å². The van der Waals surface area contributed by atoms with Crippen LogP contribution >= 0.6 is 11.6 Å². The summed E-state index contributed by atoms with van der Waals surface area (Å²) in [5, 5.41) is 5.29. The Hall–Kier alpha value is -2.40. The Morgan fingerprint density at radius 2 is 1.86 bits per heavy atom. The first kappa shape index (κ1) is 15.0. The molecule has 0 fully saturated rings. The molecule has 2 aromatic rings. The Morgan fingerprint density at radius 3 is 2.52 bits per heavy atom. The lowest BCUT2D eigenvalue weighted by molar-refractivity contribution is -0.113. The summed E-state index contributed by atoms with van der Waals surface area (Å²) in [5.74, 6) is -0.746. The van der Waals surface area contributed by atoms with Gasteiger partial charge in [-0.05, 0) is 30.7 Å². The van der Waals surface area contributed by atoms with Crippen LogP contribution in [0.4, 0.5) is 11.5 Å². The third kappa shape index (κ3) is 3.79. The zero-order chi connectivity index (χ0) is 15.2. The van der Waals surface area contributed by atoms with Gasteiger partial charge in [0.05, 0.1) is 5.56 Å². The number of para-hydroxylation sites is 1. The van der Waals surface area contributed by atoms with Gasteiger partial charge in [0.25, 0.3) is 5.91 Å². The number of aryl methyl sites for hydroxylation is 1. The van der Waals surface area contributed by atoms with E-state index in [1.54, 1.807) is 25.1 Å². The van der Waals surface area contributed by atoms with Crippen molar-refractivity contribution in [3.05, 3.63) is 53.7 Å². The first-order valence-electron chi connectivity index (χ1n) is 6.29. The van der Waals surface area contributed by atoms with Gasteiger partial charge in [-0.25, -0.2) is 4.98 Å². The summed E-state index contributed by atoms with van der Waals surface area (Å²) in [6.45, 7) is 1.78. The quantitative estimate of drug-likeness (QED) is 0.853. The molecule has 2 N–H and O–H groups in total. The van der Waals surface area contributed by atoms with Crippen molar-refractivity contribution in [3.8, 4) is 0 Å². The number of pyridine rings is 1. The molecule has 0 spiro atoms. The largest absolute Gasteiger partial charge is 0.322 e. The molecule has 2 amide bonds. The number of alkyl halides is 1. The van der Waals surface area contributed by atoms with E-state index in [2.05, 4.69) is 15.6 Å². The molecule has 0 saturated carbocycles. The van der Waals surface area contributed by atoms with Crippen molar-refractivity contribution in [1.29, 1.82) is 0 Å². The zero-order valence-electron chi connectivity index (χ0n) is 11.4. The second-order valence-corrected chi connectivity index (χ2v) is 4.62. The van der Waals surface area contributed by atoms with Gasteiger partial charge in [0.15, 0.2) is 0 Å². The van der Waals surface area contributed by atoms with Gasteiger partial charge in [-0.3, -0.25) is 9.59 Å². The van der Waals surface area contributed by atoms with Gasteiger partial charge in [-0.1, -0.05) is 18.2 Å². The van der Waals surface area contributed by atoms with E-state index < -0.39 is 5.91 Å². The van der Waals surface area contributed by atoms with Gasteiger partial charge in [0, 0.05) is 11.9 Å². The summed E-state index contributed by atoms with van der Waals surface area (Å²) in [6, 6.07) is 10.8. The van der Waals surface area contributed by atoms with Crippen molar-refractivity contribution < 1.29 is 9.59 Å². The van der Waals surface area contributed by atoms with Crippen LogP contribution in [0.15, 0.2) is 42.6 Å². The van der Waals surface area contributed by atoms with E-state index in [0.717, 1.165) is 0 Å². The molecule has 0 aliphatic rings. The lowest BCUT2D eigenvalue weighted by atomic mass is 10.1. The van der Waals surface area contributed by atoms with E-state index in [-0.39, 0.29) is 17.6 Å². The summed E-state index contributed by atoms with van der Waals surface area (Å²) < 4.78 is 0. The van der Waals surface area contributed by atoms with Crippen LogP contribution in [0.1, 0.15) is 15.9 Å². The first-order valence-corrected chi connectivity index (χ1v) is 6.83. The van der Waals surface area contributed by atoms with Gasteiger partial charge >= 0.3 is 0 Å². The van der Waals surface area contributed by atoms with Crippen molar-refractivity contribution in [2.24, 2.45) is 0 Å². The SMILES string of the molecule is Cc1ccnc(NC(=O)CCl)c1C(=O)Nc1ccccc1. The van der Waals surface area contributed by atoms with Crippen molar-refractivity contribution in [2.75, 3.05) is 16.5 Å². The normalized spacial score (nSPS) is 10.0. The number of hydrogen-bond donors (Lipinski definition) is 2. The number of hydrogen-bond acceptors (Lipinski definition) is 3. The van der Waals surface area contributed by atoms with Crippen LogP contribution in [-0.2, 0) is 4.79 Å². The average Bonchev–Trinajstić information content (AvgIpc) is 2.48. The van der Waals surface area contributed by atoms with Gasteiger partial charge in [-0.15, -0.1) is 11.6 Å². The molecule has 0 saturated heterocycles. The molecule has 1 aromatic heterocycles. The Morgan fingerprint density at radius 1 is 1.14 bits per heavy atom. The van der Waals surface area contributed by atoms with Gasteiger partial charge in [0.2, 0.25) is 5.91 Å². The van der Waals surface area contributed by atoms with E-state index >= 15 is 0 Å². The van der Waals surface area contributed by atoms with Crippen molar-refractivity contribution in [1.82, 2.24) is 4.98 Å². The summed E-state index contributed by atoms with van der Waals surface area (Å²) in [4.78, 5) is 27.8. The standard InChI is InChI=1S/C15H14ClN3O2/c1-10-7-8-17-14(19-12(20)9-16)13(10)15(21)18-11-5-3-2-4-6-11/h2-8H,9H2,1H3,(H,18,21)(H,17,19,20). The van der Waals surface area contributed by atoms with Gasteiger partial charge in [-0.2, -0.15) is 0 Å². The van der Waals surface area contributed by atoms with E-state index in [1.807, 2.05) is 18.2 Å². The lowest BCUT2D eigenvalue weighted by Gasteiger charge is -2.12. The number of halogens is 1. The minimum atomic E-state index is -0.413. The fourth-order valence-electron chi connectivity index (χ4n) is 1.82. The minimum absolute atomic E-state index is 0.199. The maximum Gasteiger partial charge on any atom is 0.259 e. The maximum atomic E-state index is 12.4. The monoisotopic (exact) mass is 303 g/mol. The molecular weight excluding hydrogens is 290 g/mol. The van der Waals surface area contributed by atoms with E-state index in [4.69, 9.17) is 11.6 Å². The molecule has 108 valence electrons. The van der Waals surface area contributed by atoms with Crippen LogP contribution < -0.4 is 10.6 Å². The molecule has 1 aromatic carbocycles. The smallest absolute Gasteiger partial charge is 0.259 e. The molecule has 1 heterocycles. The van der Waals surface area contributed by atoms with Gasteiger partial charge < -0.3 is 10.6 Å². The highest BCUT2D eigenvalue weighted by Crippen LogP contribution is 2.19. The van der Waals surface area contributed by atoms with Crippen LogP contribution in [0.25, 0.3) is 0 Å². The highest BCUT2D eigenvalue weighted by molar-refractivity contribution is 6.29. The lowest BCUT2D eigenvalue weighted by Crippen LogP contribution is -2.21. The molecule has 0 aliphatic heterocycles. The molecular formula is C15H14ClN3O2. The molecule has 0 atom stereocenters. The third-order valence-electron chi connectivity index (χ3n) is 2.80. The van der Waals surface area contributed by atoms with Crippen LogP contribution in [0.2, 0.25) is 0 Å². The number of anilines is 2. The van der Waals surface area contributed by atoms with E-state index in [0.29, 0.717) is 16.8 Å². The fourth-order valence-corrected chi connectivity index (χ4v) is 1.89. The van der Waals surface area contributed by atoms with E-state index in [1.165, 1.54) is 6.20 Å². The molecule has 2 rings (SSSR count). The average molecular weight is 304 g/mol. The number of carbonyl (C=O) groups is 2. The van der Waals surface area contributed by atoms with Crippen LogP contribution in [0.3, 0.4) is 0 Å². The second kappa shape index (κ2) is 6.85. The molecule has 0 radical (unpaired) electrons. The first-order chi connectivity index (χ1) is 10.1. The van der Waals surface area contributed by atoms with Crippen molar-refractivity contribution >= 4 is 34.9 Å². The summed E-state index contributed by atoms with van der Waals surface area (Å²) in [7, 11) is 0. The zero-order valence-corrected chi connectivity index (χ0v) is 12.1. The third-order valence-corrected chi connectivity index (χ3v) is 3.04. The van der Waals surface area contributed by atoms with E-state index in [9.17, 15) is 9.59 Å². The predicted octanol–water partition coefficient (Wildman–Crippen LogP) is 2.82. The summed E-state index contributed by atoms with van der Waals surface area (Å²) in [5.41, 5.74) is 1.70. The maximum absolute atomic E-state index is 12.4. The molecule has 6 heteroatoms.